The quantitative estimate of drug-likeness (QED) is 0.775. The van der Waals surface area contributed by atoms with E-state index in [2.05, 4.69) is 0 Å². The number of hydrogen-bond acceptors (Lipinski definition) is 4. The summed E-state index contributed by atoms with van der Waals surface area (Å²) in [5.41, 5.74) is 1.67. The SMILES string of the molecule is CC(C)(c1ccccc1)c1c(O)ccc2oc(=O)oc12. The molecule has 0 spiro atoms. The zero-order valence-corrected chi connectivity index (χ0v) is 11.2. The summed E-state index contributed by atoms with van der Waals surface area (Å²) in [6.45, 7) is 3.92. The first kappa shape index (κ1) is 12.5. The predicted molar refractivity (Wildman–Crippen MR) is 75.0 cm³/mol. The molecule has 4 heteroatoms. The fourth-order valence-electron chi connectivity index (χ4n) is 2.53. The molecule has 2 aromatic carbocycles. The van der Waals surface area contributed by atoms with Crippen molar-refractivity contribution in [2.75, 3.05) is 0 Å². The van der Waals surface area contributed by atoms with Gasteiger partial charge in [-0.1, -0.05) is 44.2 Å². The Labute approximate surface area is 115 Å². The topological polar surface area (TPSA) is 63.6 Å². The molecule has 0 atom stereocenters. The van der Waals surface area contributed by atoms with Crippen LogP contribution >= 0.6 is 0 Å². The largest absolute Gasteiger partial charge is 0.519 e. The van der Waals surface area contributed by atoms with Crippen molar-refractivity contribution in [1.29, 1.82) is 0 Å². The van der Waals surface area contributed by atoms with Gasteiger partial charge in [0.05, 0.1) is 5.56 Å². The van der Waals surface area contributed by atoms with Crippen LogP contribution in [-0.4, -0.2) is 5.11 Å². The summed E-state index contributed by atoms with van der Waals surface area (Å²) in [6.07, 6.45) is 0. The van der Waals surface area contributed by atoms with Gasteiger partial charge in [-0.2, -0.15) is 0 Å². The van der Waals surface area contributed by atoms with E-state index in [1.54, 1.807) is 0 Å². The monoisotopic (exact) mass is 270 g/mol. The van der Waals surface area contributed by atoms with E-state index in [0.29, 0.717) is 16.7 Å². The number of aromatic hydroxyl groups is 1. The summed E-state index contributed by atoms with van der Waals surface area (Å²) >= 11 is 0. The van der Waals surface area contributed by atoms with Gasteiger partial charge in [-0.05, 0) is 17.7 Å². The third-order valence-corrected chi connectivity index (χ3v) is 3.60. The van der Waals surface area contributed by atoms with Crippen LogP contribution in [0.1, 0.15) is 25.0 Å². The minimum atomic E-state index is -0.768. The summed E-state index contributed by atoms with van der Waals surface area (Å²) in [6, 6.07) is 12.8. The molecule has 0 unspecified atom stereocenters. The Balaban J connectivity index is 2.33. The van der Waals surface area contributed by atoms with Gasteiger partial charge in [0, 0.05) is 5.41 Å². The van der Waals surface area contributed by atoms with Crippen molar-refractivity contribution in [1.82, 2.24) is 0 Å². The van der Waals surface area contributed by atoms with Crippen LogP contribution in [0.5, 0.6) is 5.75 Å². The first-order valence-corrected chi connectivity index (χ1v) is 6.32. The van der Waals surface area contributed by atoms with Crippen LogP contribution in [0, 0.1) is 0 Å². The summed E-state index contributed by atoms with van der Waals surface area (Å²) in [5, 5.41) is 10.2. The number of phenols is 1. The lowest BCUT2D eigenvalue weighted by Crippen LogP contribution is -2.19. The molecule has 0 aliphatic carbocycles. The van der Waals surface area contributed by atoms with Crippen molar-refractivity contribution < 1.29 is 13.9 Å². The average Bonchev–Trinajstić information content (AvgIpc) is 2.79. The first-order chi connectivity index (χ1) is 9.50. The van der Waals surface area contributed by atoms with Gasteiger partial charge in [0.2, 0.25) is 0 Å². The molecule has 0 amide bonds. The van der Waals surface area contributed by atoms with Crippen molar-refractivity contribution >= 4 is 11.2 Å². The molecule has 3 rings (SSSR count). The van der Waals surface area contributed by atoms with Crippen LogP contribution < -0.4 is 5.82 Å². The van der Waals surface area contributed by atoms with E-state index < -0.39 is 11.2 Å². The predicted octanol–water partition coefficient (Wildman–Crippen LogP) is 3.42. The van der Waals surface area contributed by atoms with Gasteiger partial charge in [-0.3, -0.25) is 0 Å². The summed E-state index contributed by atoms with van der Waals surface area (Å²) < 4.78 is 10.1. The smallest absolute Gasteiger partial charge is 0.507 e. The van der Waals surface area contributed by atoms with E-state index in [1.165, 1.54) is 12.1 Å². The number of hydrogen-bond donors (Lipinski definition) is 1. The highest BCUT2D eigenvalue weighted by Crippen LogP contribution is 2.40. The highest BCUT2D eigenvalue weighted by atomic mass is 16.6. The van der Waals surface area contributed by atoms with Crippen molar-refractivity contribution in [2.24, 2.45) is 0 Å². The van der Waals surface area contributed by atoms with Crippen LogP contribution in [-0.2, 0) is 5.41 Å². The molecule has 1 aromatic heterocycles. The first-order valence-electron chi connectivity index (χ1n) is 6.32. The Morgan fingerprint density at radius 3 is 2.40 bits per heavy atom. The second-order valence-corrected chi connectivity index (χ2v) is 5.23. The van der Waals surface area contributed by atoms with Gasteiger partial charge < -0.3 is 13.9 Å². The highest BCUT2D eigenvalue weighted by molar-refractivity contribution is 5.79. The van der Waals surface area contributed by atoms with Crippen molar-refractivity contribution in [2.45, 2.75) is 19.3 Å². The molecule has 4 nitrogen and oxygen atoms in total. The molecule has 0 saturated carbocycles. The molecule has 102 valence electrons. The molecule has 0 radical (unpaired) electrons. The molecule has 20 heavy (non-hydrogen) atoms. The molecule has 0 saturated heterocycles. The third-order valence-electron chi connectivity index (χ3n) is 3.60. The lowest BCUT2D eigenvalue weighted by Gasteiger charge is -2.26. The molecule has 3 aromatic rings. The van der Waals surface area contributed by atoms with Crippen LogP contribution in [0.25, 0.3) is 11.2 Å². The van der Waals surface area contributed by atoms with Gasteiger partial charge in [0.1, 0.15) is 5.75 Å². The zero-order valence-electron chi connectivity index (χ0n) is 11.2. The normalized spacial score (nSPS) is 11.9. The summed E-state index contributed by atoms with van der Waals surface area (Å²) in [5.74, 6) is -0.688. The number of phenolic OH excluding ortho intramolecular Hbond substituents is 1. The lowest BCUT2D eigenvalue weighted by atomic mass is 9.77. The zero-order chi connectivity index (χ0) is 14.3. The molecule has 1 heterocycles. The maximum absolute atomic E-state index is 11.3. The van der Waals surface area contributed by atoms with E-state index in [9.17, 15) is 9.90 Å². The molecule has 0 bridgehead atoms. The van der Waals surface area contributed by atoms with E-state index in [1.807, 2.05) is 44.2 Å². The fraction of sp³-hybridized carbons (Fsp3) is 0.188. The second-order valence-electron chi connectivity index (χ2n) is 5.23. The van der Waals surface area contributed by atoms with Gasteiger partial charge in [0.25, 0.3) is 0 Å². The van der Waals surface area contributed by atoms with Crippen LogP contribution in [0.15, 0.2) is 56.1 Å². The van der Waals surface area contributed by atoms with Crippen LogP contribution in [0.4, 0.5) is 0 Å². The van der Waals surface area contributed by atoms with Gasteiger partial charge in [0.15, 0.2) is 11.2 Å². The van der Waals surface area contributed by atoms with Crippen molar-refractivity contribution in [3.8, 4) is 5.75 Å². The number of benzene rings is 2. The fourth-order valence-corrected chi connectivity index (χ4v) is 2.53. The second kappa shape index (κ2) is 4.27. The number of rotatable bonds is 2. The summed E-state index contributed by atoms with van der Waals surface area (Å²) in [4.78, 5) is 11.3. The minimum absolute atomic E-state index is 0.0795. The standard InChI is InChI=1S/C16H14O4/c1-16(2,10-6-4-3-5-7-10)13-11(17)8-9-12-14(13)20-15(18)19-12/h3-9,17H,1-2H3. The molecule has 0 aliphatic heterocycles. The molecule has 0 aliphatic rings. The van der Waals surface area contributed by atoms with Crippen molar-refractivity contribution in [3.05, 3.63) is 64.2 Å². The Morgan fingerprint density at radius 1 is 1.00 bits per heavy atom. The Morgan fingerprint density at radius 2 is 1.70 bits per heavy atom. The summed E-state index contributed by atoms with van der Waals surface area (Å²) in [7, 11) is 0. The third kappa shape index (κ3) is 1.81. The van der Waals surface area contributed by atoms with Crippen LogP contribution in [0.2, 0.25) is 0 Å². The van der Waals surface area contributed by atoms with E-state index >= 15 is 0 Å². The van der Waals surface area contributed by atoms with E-state index in [0.717, 1.165) is 5.56 Å². The Hall–Kier alpha value is -2.49. The van der Waals surface area contributed by atoms with Gasteiger partial charge in [-0.15, -0.1) is 0 Å². The molecule has 0 fully saturated rings. The maximum Gasteiger partial charge on any atom is 0.519 e. The lowest BCUT2D eigenvalue weighted by molar-refractivity contribution is 0.405. The van der Waals surface area contributed by atoms with Crippen LogP contribution in [0.3, 0.4) is 0 Å². The van der Waals surface area contributed by atoms with Gasteiger partial charge >= 0.3 is 5.82 Å². The maximum atomic E-state index is 11.3. The molecule has 1 N–H and O–H groups in total. The van der Waals surface area contributed by atoms with Gasteiger partial charge in [-0.25, -0.2) is 4.79 Å². The average molecular weight is 270 g/mol. The Bertz CT molecular complexity index is 809. The number of fused-ring (bicyclic) bond motifs is 1. The Kier molecular flexibility index (Phi) is 2.67. The molecular weight excluding hydrogens is 256 g/mol. The minimum Gasteiger partial charge on any atom is -0.507 e. The highest BCUT2D eigenvalue weighted by Gasteiger charge is 2.30. The van der Waals surface area contributed by atoms with E-state index in [-0.39, 0.29) is 5.75 Å². The molecular formula is C16H14O4. The van der Waals surface area contributed by atoms with Crippen molar-refractivity contribution in [3.63, 3.8) is 0 Å². The van der Waals surface area contributed by atoms with E-state index in [4.69, 9.17) is 8.83 Å².